The standard InChI is InChI=1S/C25H34BrN3O4S/c1-17(2)14-27-25(31)20(5)28(15-21-8-7-9-22(26)13-21)24(30)16-29(34(6,32)33)23-12-18(3)10-11-19(23)4/h7-13,17,20H,14-16H2,1-6H3,(H,27,31)/t20-/m0/s1. The number of nitrogens with zero attached hydrogens (tertiary/aromatic N) is 2. The number of anilines is 1. The van der Waals surface area contributed by atoms with Crippen LogP contribution in [0.4, 0.5) is 5.69 Å². The van der Waals surface area contributed by atoms with Crippen LogP contribution in [-0.2, 0) is 26.2 Å². The van der Waals surface area contributed by atoms with E-state index in [1.807, 2.05) is 57.2 Å². The number of carbonyl (C=O) groups is 2. The zero-order chi connectivity index (χ0) is 25.6. The molecule has 2 aromatic rings. The fourth-order valence-electron chi connectivity index (χ4n) is 3.45. The minimum Gasteiger partial charge on any atom is -0.354 e. The predicted molar refractivity (Wildman–Crippen MR) is 140 cm³/mol. The van der Waals surface area contributed by atoms with Gasteiger partial charge in [0.15, 0.2) is 0 Å². The number of hydrogen-bond acceptors (Lipinski definition) is 4. The molecule has 0 saturated heterocycles. The van der Waals surface area contributed by atoms with Crippen molar-refractivity contribution in [3.63, 3.8) is 0 Å². The van der Waals surface area contributed by atoms with Crippen molar-refractivity contribution >= 4 is 43.5 Å². The van der Waals surface area contributed by atoms with Crippen molar-refractivity contribution in [1.29, 1.82) is 0 Å². The van der Waals surface area contributed by atoms with Crippen molar-refractivity contribution in [2.75, 3.05) is 23.7 Å². The minimum absolute atomic E-state index is 0.166. The van der Waals surface area contributed by atoms with Gasteiger partial charge >= 0.3 is 0 Å². The summed E-state index contributed by atoms with van der Waals surface area (Å²) in [4.78, 5) is 27.9. The molecule has 0 fully saturated rings. The molecule has 0 saturated carbocycles. The molecule has 0 unspecified atom stereocenters. The molecule has 2 rings (SSSR count). The Morgan fingerprint density at radius 2 is 1.74 bits per heavy atom. The molecule has 34 heavy (non-hydrogen) atoms. The molecule has 0 aliphatic carbocycles. The van der Waals surface area contributed by atoms with Gasteiger partial charge in [0.2, 0.25) is 21.8 Å². The first-order chi connectivity index (χ1) is 15.8. The number of nitrogens with one attached hydrogen (secondary N) is 1. The number of hydrogen-bond donors (Lipinski definition) is 1. The van der Waals surface area contributed by atoms with Gasteiger partial charge in [0.1, 0.15) is 12.6 Å². The van der Waals surface area contributed by atoms with E-state index in [4.69, 9.17) is 0 Å². The molecule has 186 valence electrons. The van der Waals surface area contributed by atoms with Crippen molar-refractivity contribution in [3.05, 3.63) is 63.6 Å². The van der Waals surface area contributed by atoms with Crippen LogP contribution in [-0.4, -0.2) is 50.5 Å². The Balaban J connectivity index is 2.41. The molecule has 1 N–H and O–H groups in total. The Morgan fingerprint density at radius 3 is 2.32 bits per heavy atom. The van der Waals surface area contributed by atoms with E-state index in [0.717, 1.165) is 31.7 Å². The first-order valence-corrected chi connectivity index (χ1v) is 13.8. The molecule has 2 amide bonds. The smallest absolute Gasteiger partial charge is 0.244 e. The zero-order valence-corrected chi connectivity index (χ0v) is 23.0. The van der Waals surface area contributed by atoms with Gasteiger partial charge in [0, 0.05) is 17.6 Å². The maximum absolute atomic E-state index is 13.6. The van der Waals surface area contributed by atoms with E-state index in [2.05, 4.69) is 21.2 Å². The van der Waals surface area contributed by atoms with Gasteiger partial charge in [0.25, 0.3) is 0 Å². The third-order valence-corrected chi connectivity index (χ3v) is 7.03. The van der Waals surface area contributed by atoms with Crippen LogP contribution < -0.4 is 9.62 Å². The molecule has 0 aliphatic rings. The van der Waals surface area contributed by atoms with E-state index >= 15 is 0 Å². The van der Waals surface area contributed by atoms with Crippen LogP contribution in [0.3, 0.4) is 0 Å². The second-order valence-electron chi connectivity index (χ2n) is 9.03. The van der Waals surface area contributed by atoms with Crippen LogP contribution in [0, 0.1) is 19.8 Å². The summed E-state index contributed by atoms with van der Waals surface area (Å²) >= 11 is 3.44. The third kappa shape index (κ3) is 7.84. The fraction of sp³-hybridized carbons (Fsp3) is 0.440. The maximum Gasteiger partial charge on any atom is 0.244 e. The lowest BCUT2D eigenvalue weighted by atomic mass is 10.1. The predicted octanol–water partition coefficient (Wildman–Crippen LogP) is 4.02. The number of sulfonamides is 1. The van der Waals surface area contributed by atoms with Crippen molar-refractivity contribution < 1.29 is 18.0 Å². The number of halogens is 1. The molecule has 1 atom stereocenters. The van der Waals surface area contributed by atoms with E-state index in [1.54, 1.807) is 19.9 Å². The van der Waals surface area contributed by atoms with Gasteiger partial charge in [-0.05, 0) is 61.6 Å². The second kappa shape index (κ2) is 11.8. The topological polar surface area (TPSA) is 86.8 Å². The van der Waals surface area contributed by atoms with Gasteiger partial charge in [-0.3, -0.25) is 13.9 Å². The van der Waals surface area contributed by atoms with Gasteiger partial charge in [-0.15, -0.1) is 0 Å². The summed E-state index contributed by atoms with van der Waals surface area (Å²) in [5.41, 5.74) is 2.90. The Labute approximate surface area is 211 Å². The maximum atomic E-state index is 13.6. The summed E-state index contributed by atoms with van der Waals surface area (Å²) < 4.78 is 27.4. The number of benzene rings is 2. The molecule has 0 bridgehead atoms. The molecule has 0 aromatic heterocycles. The first kappa shape index (κ1) is 27.9. The molecule has 7 nitrogen and oxygen atoms in total. The summed E-state index contributed by atoms with van der Waals surface area (Å²) in [5.74, 6) is -0.483. The normalized spacial score (nSPS) is 12.4. The molecule has 0 radical (unpaired) electrons. The SMILES string of the molecule is Cc1ccc(C)c(N(CC(=O)N(Cc2cccc(Br)c2)[C@@H](C)C(=O)NCC(C)C)S(C)(=O)=O)c1. The van der Waals surface area contributed by atoms with Crippen LogP contribution in [0.2, 0.25) is 0 Å². The van der Waals surface area contributed by atoms with Crippen LogP contribution in [0.15, 0.2) is 46.9 Å². The highest BCUT2D eigenvalue weighted by atomic mass is 79.9. The van der Waals surface area contributed by atoms with Gasteiger partial charge in [0.05, 0.1) is 11.9 Å². The van der Waals surface area contributed by atoms with Crippen LogP contribution >= 0.6 is 15.9 Å². The first-order valence-electron chi connectivity index (χ1n) is 11.2. The molecule has 0 heterocycles. The lowest BCUT2D eigenvalue weighted by Gasteiger charge is -2.32. The van der Waals surface area contributed by atoms with Crippen molar-refractivity contribution in [1.82, 2.24) is 10.2 Å². The number of amides is 2. The van der Waals surface area contributed by atoms with Gasteiger partial charge in [-0.25, -0.2) is 8.42 Å². The Morgan fingerprint density at radius 1 is 1.06 bits per heavy atom. The number of carbonyl (C=O) groups excluding carboxylic acids is 2. The van der Waals surface area contributed by atoms with E-state index in [-0.39, 0.29) is 18.4 Å². The summed E-state index contributed by atoms with van der Waals surface area (Å²) in [6.45, 7) is 9.56. The quantitative estimate of drug-likeness (QED) is 0.483. The molecular weight excluding hydrogens is 518 g/mol. The van der Waals surface area contributed by atoms with Crippen molar-refractivity contribution in [3.8, 4) is 0 Å². The Hall–Kier alpha value is -2.39. The number of aryl methyl sites for hydroxylation is 2. The number of rotatable bonds is 10. The highest BCUT2D eigenvalue weighted by molar-refractivity contribution is 9.10. The average Bonchev–Trinajstić information content (AvgIpc) is 2.74. The third-order valence-electron chi connectivity index (χ3n) is 5.41. The fourth-order valence-corrected chi connectivity index (χ4v) is 4.80. The van der Waals surface area contributed by atoms with Gasteiger partial charge in [-0.2, -0.15) is 0 Å². The van der Waals surface area contributed by atoms with Crippen LogP contribution in [0.5, 0.6) is 0 Å². The summed E-state index contributed by atoms with van der Waals surface area (Å²) in [6, 6.07) is 12.1. The van der Waals surface area contributed by atoms with Gasteiger partial charge in [-0.1, -0.05) is 54.0 Å². The Kier molecular flexibility index (Phi) is 9.70. The van der Waals surface area contributed by atoms with Crippen molar-refractivity contribution in [2.45, 2.75) is 47.2 Å². The van der Waals surface area contributed by atoms with Crippen molar-refractivity contribution in [2.24, 2.45) is 5.92 Å². The summed E-state index contributed by atoms with van der Waals surface area (Å²) in [6.07, 6.45) is 1.08. The van der Waals surface area contributed by atoms with Gasteiger partial charge < -0.3 is 10.2 Å². The molecule has 0 spiro atoms. The van der Waals surface area contributed by atoms with E-state index in [9.17, 15) is 18.0 Å². The lowest BCUT2D eigenvalue weighted by Crippen LogP contribution is -2.51. The molecule has 0 aliphatic heterocycles. The molecule has 9 heteroatoms. The molecule has 2 aromatic carbocycles. The highest BCUT2D eigenvalue weighted by Gasteiger charge is 2.30. The summed E-state index contributed by atoms with van der Waals surface area (Å²) in [7, 11) is -3.76. The lowest BCUT2D eigenvalue weighted by molar-refractivity contribution is -0.139. The second-order valence-corrected chi connectivity index (χ2v) is 11.8. The molecular formula is C25H34BrN3O4S. The van der Waals surface area contributed by atoms with Crippen LogP contribution in [0.25, 0.3) is 0 Å². The van der Waals surface area contributed by atoms with Crippen LogP contribution in [0.1, 0.15) is 37.5 Å². The largest absolute Gasteiger partial charge is 0.354 e. The minimum atomic E-state index is -3.76. The van der Waals surface area contributed by atoms with E-state index < -0.39 is 28.5 Å². The van der Waals surface area contributed by atoms with E-state index in [0.29, 0.717) is 12.2 Å². The highest BCUT2D eigenvalue weighted by Crippen LogP contribution is 2.25. The summed E-state index contributed by atoms with van der Waals surface area (Å²) in [5, 5.41) is 2.87. The monoisotopic (exact) mass is 551 g/mol. The van der Waals surface area contributed by atoms with E-state index in [1.165, 1.54) is 4.90 Å². The Bertz CT molecular complexity index is 1130. The average molecular weight is 553 g/mol. The zero-order valence-electron chi connectivity index (χ0n) is 20.6.